The van der Waals surface area contributed by atoms with Crippen molar-refractivity contribution in [1.29, 1.82) is 0 Å². The number of ether oxygens (including phenoxy) is 4. The highest BCUT2D eigenvalue weighted by Gasteiger charge is 2.16. The van der Waals surface area contributed by atoms with Crippen LogP contribution in [0.1, 0.15) is 25.1 Å². The summed E-state index contributed by atoms with van der Waals surface area (Å²) in [6.45, 7) is 4.69. The third kappa shape index (κ3) is 5.55. The number of hydrogen-bond acceptors (Lipinski definition) is 7. The van der Waals surface area contributed by atoms with Crippen LogP contribution in [-0.2, 0) is 22.7 Å². The summed E-state index contributed by atoms with van der Waals surface area (Å²) in [6.07, 6.45) is 0.125. The number of nitrogens with one attached hydrogen (secondary N) is 1. The Balaban J connectivity index is 1.20. The lowest BCUT2D eigenvalue weighted by Crippen LogP contribution is -2.27. The molecule has 0 bridgehead atoms. The Morgan fingerprint density at radius 2 is 1.90 bits per heavy atom. The molecule has 1 aliphatic rings. The van der Waals surface area contributed by atoms with Gasteiger partial charge >= 0.3 is 0 Å². The predicted molar refractivity (Wildman–Crippen MR) is 112 cm³/mol. The number of carbonyl (C=O) groups excluding carboxylic acids is 1. The molecule has 2 heterocycles. The number of carbonyl (C=O) groups is 1. The van der Waals surface area contributed by atoms with Crippen molar-refractivity contribution >= 4 is 5.91 Å². The topological polar surface area (TPSA) is 92.1 Å². The van der Waals surface area contributed by atoms with Gasteiger partial charge in [-0.3, -0.25) is 4.79 Å². The van der Waals surface area contributed by atoms with Gasteiger partial charge in [0.15, 0.2) is 17.3 Å². The molecule has 1 N–H and O–H groups in total. The molecule has 0 aliphatic carbocycles. The van der Waals surface area contributed by atoms with Gasteiger partial charge in [-0.15, -0.1) is 0 Å². The van der Waals surface area contributed by atoms with Crippen LogP contribution in [0.15, 0.2) is 53.1 Å². The van der Waals surface area contributed by atoms with Crippen molar-refractivity contribution in [1.82, 2.24) is 10.5 Å². The number of benzene rings is 2. The van der Waals surface area contributed by atoms with Crippen molar-refractivity contribution in [3.05, 3.63) is 59.8 Å². The maximum atomic E-state index is 12.0. The van der Waals surface area contributed by atoms with Crippen molar-refractivity contribution in [2.75, 3.05) is 13.4 Å². The van der Waals surface area contributed by atoms with E-state index in [0.717, 1.165) is 16.9 Å². The van der Waals surface area contributed by atoms with E-state index in [9.17, 15) is 4.79 Å². The first kappa shape index (κ1) is 20.7. The maximum Gasteiger partial charge on any atom is 0.246 e. The molecule has 31 heavy (non-hydrogen) atoms. The van der Waals surface area contributed by atoms with Crippen LogP contribution in [0.25, 0.3) is 11.3 Å². The van der Waals surface area contributed by atoms with Crippen LogP contribution in [0, 0.1) is 0 Å². The molecule has 0 spiro atoms. The monoisotopic (exact) mass is 424 g/mol. The van der Waals surface area contributed by atoms with Crippen molar-refractivity contribution < 1.29 is 28.3 Å². The maximum absolute atomic E-state index is 12.0. The third-order valence-electron chi connectivity index (χ3n) is 4.48. The quantitative estimate of drug-likeness (QED) is 0.560. The average molecular weight is 424 g/mol. The summed E-state index contributed by atoms with van der Waals surface area (Å²) in [5, 5.41) is 6.82. The third-order valence-corrected chi connectivity index (χ3v) is 4.48. The average Bonchev–Trinajstić information content (AvgIpc) is 3.42. The van der Waals surface area contributed by atoms with E-state index in [2.05, 4.69) is 10.5 Å². The van der Waals surface area contributed by atoms with Gasteiger partial charge in [0, 0.05) is 18.2 Å². The molecule has 1 amide bonds. The molecule has 3 aromatic rings. The Hall–Kier alpha value is -3.52. The van der Waals surface area contributed by atoms with Crippen LogP contribution in [0.4, 0.5) is 0 Å². The number of rotatable bonds is 9. The van der Waals surface area contributed by atoms with E-state index in [1.165, 1.54) is 0 Å². The second-order valence-corrected chi connectivity index (χ2v) is 7.33. The van der Waals surface area contributed by atoms with Gasteiger partial charge < -0.3 is 28.8 Å². The summed E-state index contributed by atoms with van der Waals surface area (Å²) in [7, 11) is 0. The minimum atomic E-state index is -0.206. The van der Waals surface area contributed by atoms with Gasteiger partial charge in [0.25, 0.3) is 0 Å². The van der Waals surface area contributed by atoms with E-state index in [1.54, 1.807) is 6.07 Å². The predicted octanol–water partition coefficient (Wildman–Crippen LogP) is 3.69. The highest BCUT2D eigenvalue weighted by atomic mass is 16.7. The molecule has 0 atom stereocenters. The number of hydrogen-bond donors (Lipinski definition) is 1. The summed E-state index contributed by atoms with van der Waals surface area (Å²) in [6, 6.07) is 14.9. The molecule has 162 valence electrons. The highest BCUT2D eigenvalue weighted by Crippen LogP contribution is 2.36. The highest BCUT2D eigenvalue weighted by molar-refractivity contribution is 5.77. The second-order valence-electron chi connectivity index (χ2n) is 7.33. The molecule has 1 aromatic heterocycles. The fourth-order valence-corrected chi connectivity index (χ4v) is 3.02. The number of fused-ring (bicyclic) bond motifs is 1. The Bertz CT molecular complexity index is 1030. The Morgan fingerprint density at radius 3 is 2.71 bits per heavy atom. The zero-order valence-corrected chi connectivity index (χ0v) is 17.4. The lowest BCUT2D eigenvalue weighted by molar-refractivity contribution is -0.126. The second kappa shape index (κ2) is 9.53. The molecule has 0 saturated heterocycles. The van der Waals surface area contributed by atoms with E-state index in [4.69, 9.17) is 23.5 Å². The minimum absolute atomic E-state index is 0.0687. The number of nitrogens with zero attached hydrogens (tertiary/aromatic N) is 1. The zero-order chi connectivity index (χ0) is 21.6. The first-order valence-electron chi connectivity index (χ1n) is 10.0. The molecule has 1 aliphatic heterocycles. The lowest BCUT2D eigenvalue weighted by atomic mass is 10.1. The molecule has 4 rings (SSSR count). The van der Waals surface area contributed by atoms with E-state index in [0.29, 0.717) is 29.5 Å². The van der Waals surface area contributed by atoms with Gasteiger partial charge in [0.1, 0.15) is 18.1 Å². The van der Waals surface area contributed by atoms with E-state index in [1.807, 2.05) is 56.3 Å². The fraction of sp³-hybridized carbons (Fsp3) is 0.304. The van der Waals surface area contributed by atoms with Gasteiger partial charge in [-0.05, 0) is 49.7 Å². The van der Waals surface area contributed by atoms with Gasteiger partial charge in [-0.1, -0.05) is 17.3 Å². The first-order chi connectivity index (χ1) is 15.1. The van der Waals surface area contributed by atoms with E-state index < -0.39 is 0 Å². The molecule has 0 fully saturated rings. The minimum Gasteiger partial charge on any atom is -0.491 e. The van der Waals surface area contributed by atoms with Crippen molar-refractivity contribution in [3.63, 3.8) is 0 Å². The molecular formula is C23H24N2O6. The lowest BCUT2D eigenvalue weighted by Gasteiger charge is -2.10. The van der Waals surface area contributed by atoms with Crippen LogP contribution in [0.3, 0.4) is 0 Å². The number of aromatic nitrogens is 1. The van der Waals surface area contributed by atoms with Crippen LogP contribution >= 0.6 is 0 Å². The Morgan fingerprint density at radius 1 is 1.10 bits per heavy atom. The summed E-state index contributed by atoms with van der Waals surface area (Å²) in [5.41, 5.74) is 2.40. The fourth-order valence-electron chi connectivity index (χ4n) is 3.02. The van der Waals surface area contributed by atoms with Gasteiger partial charge in [-0.25, -0.2) is 0 Å². The van der Waals surface area contributed by atoms with Crippen molar-refractivity contribution in [2.45, 2.75) is 33.1 Å². The van der Waals surface area contributed by atoms with Crippen LogP contribution < -0.4 is 19.5 Å². The molecular weight excluding hydrogens is 400 g/mol. The van der Waals surface area contributed by atoms with E-state index in [-0.39, 0.29) is 32.0 Å². The van der Waals surface area contributed by atoms with Crippen LogP contribution in [0.5, 0.6) is 17.2 Å². The standard InChI is InChI=1S/C23H24N2O6/c1-15(2)30-19-6-3-16(4-7-19)11-24-23(26)13-27-12-18-10-21(31-25-18)17-5-8-20-22(9-17)29-14-28-20/h3-10,15H,11-14H2,1-2H3,(H,24,26). The first-order valence-corrected chi connectivity index (χ1v) is 10.0. The van der Waals surface area contributed by atoms with E-state index >= 15 is 0 Å². The molecule has 0 unspecified atom stereocenters. The van der Waals surface area contributed by atoms with Gasteiger partial charge in [0.2, 0.25) is 12.7 Å². The Labute approximate surface area is 180 Å². The zero-order valence-electron chi connectivity index (χ0n) is 17.4. The molecule has 8 nitrogen and oxygen atoms in total. The largest absolute Gasteiger partial charge is 0.491 e. The smallest absolute Gasteiger partial charge is 0.246 e. The number of amides is 1. The summed E-state index contributed by atoms with van der Waals surface area (Å²) in [4.78, 5) is 12.0. The molecule has 8 heteroatoms. The van der Waals surface area contributed by atoms with Crippen LogP contribution in [0.2, 0.25) is 0 Å². The van der Waals surface area contributed by atoms with Crippen molar-refractivity contribution in [3.8, 4) is 28.6 Å². The van der Waals surface area contributed by atoms with Crippen LogP contribution in [-0.4, -0.2) is 30.6 Å². The van der Waals surface area contributed by atoms with Crippen molar-refractivity contribution in [2.24, 2.45) is 0 Å². The normalized spacial score (nSPS) is 12.2. The summed E-state index contributed by atoms with van der Waals surface area (Å²) in [5.74, 6) is 2.57. The molecule has 0 saturated carbocycles. The Kier molecular flexibility index (Phi) is 6.37. The van der Waals surface area contributed by atoms with Gasteiger partial charge in [0.05, 0.1) is 12.7 Å². The SMILES string of the molecule is CC(C)Oc1ccc(CNC(=O)COCc2cc(-c3ccc4c(c3)OCO4)on2)cc1. The molecule has 2 aromatic carbocycles. The summed E-state index contributed by atoms with van der Waals surface area (Å²) < 4.78 is 27.1. The summed E-state index contributed by atoms with van der Waals surface area (Å²) >= 11 is 0. The van der Waals surface area contributed by atoms with Gasteiger partial charge in [-0.2, -0.15) is 0 Å². The molecule has 0 radical (unpaired) electrons.